The summed E-state index contributed by atoms with van der Waals surface area (Å²) in [6.45, 7) is 11.8. The number of hydrogen-bond donors (Lipinski definition) is 1. The number of carbonyl (C=O) groups is 1. The highest BCUT2D eigenvalue weighted by Gasteiger charge is 2.55. The first-order valence-electron chi connectivity index (χ1n) is 11.8. The maximum Gasteiger partial charge on any atom is 0.277 e. The number of piperidine rings is 3. The van der Waals surface area contributed by atoms with Crippen LogP contribution in [-0.2, 0) is 4.79 Å². The third-order valence-electron chi connectivity index (χ3n) is 7.91. The minimum atomic E-state index is -0.675. The van der Waals surface area contributed by atoms with Gasteiger partial charge in [-0.15, -0.1) is 6.58 Å². The van der Waals surface area contributed by atoms with Crippen LogP contribution >= 0.6 is 0 Å². The van der Waals surface area contributed by atoms with Crippen molar-refractivity contribution in [3.8, 4) is 5.75 Å². The molecule has 32 heavy (non-hydrogen) atoms. The van der Waals surface area contributed by atoms with Crippen LogP contribution in [0.15, 0.2) is 43.1 Å². The van der Waals surface area contributed by atoms with Crippen LogP contribution in [0.25, 0.3) is 10.9 Å². The lowest BCUT2D eigenvalue weighted by Gasteiger charge is -2.58. The lowest BCUT2D eigenvalue weighted by atomic mass is 9.71. The number of aromatic nitrogens is 1. The predicted molar refractivity (Wildman–Crippen MR) is 126 cm³/mol. The van der Waals surface area contributed by atoms with Crippen LogP contribution in [-0.4, -0.2) is 71.3 Å². The van der Waals surface area contributed by atoms with Crippen LogP contribution in [0.4, 0.5) is 0 Å². The Hall–Kier alpha value is -2.44. The molecule has 2 aromatic rings. The van der Waals surface area contributed by atoms with Crippen molar-refractivity contribution in [2.45, 2.75) is 38.8 Å². The van der Waals surface area contributed by atoms with Crippen molar-refractivity contribution in [3.05, 3.63) is 48.7 Å². The fraction of sp³-hybridized carbons (Fsp3) is 0.538. The second kappa shape index (κ2) is 9.20. The van der Waals surface area contributed by atoms with E-state index in [0.29, 0.717) is 36.0 Å². The second-order valence-corrected chi connectivity index (χ2v) is 9.33. The standard InChI is InChI=1S/C26H36N3O3/c1-5-18-16-29(17-25(30)28(6-2)7-3)13-11-19(18)14-24(29)26(31)21-10-12-27-23-9-8-20(32-4)15-22(21)23/h5,8-10,12,15,18-19,24,26,31H,1,6-7,11,13-14,16-17H2,2-4H3/q+1/t18?,19?,24?,26-,29?/m0/s1. The molecule has 5 rings (SSSR count). The average Bonchev–Trinajstić information content (AvgIpc) is 2.83. The van der Waals surface area contributed by atoms with Crippen LogP contribution < -0.4 is 4.74 Å². The van der Waals surface area contributed by atoms with Gasteiger partial charge in [-0.1, -0.05) is 6.08 Å². The number of fused-ring (bicyclic) bond motifs is 4. The number of pyridine rings is 1. The Kier molecular flexibility index (Phi) is 6.54. The van der Waals surface area contributed by atoms with Crippen molar-refractivity contribution in [2.75, 3.05) is 39.8 Å². The van der Waals surface area contributed by atoms with E-state index in [1.54, 1.807) is 13.3 Å². The molecular weight excluding hydrogens is 402 g/mol. The smallest absolute Gasteiger partial charge is 0.277 e. The molecule has 1 aromatic carbocycles. The number of methoxy groups -OCH3 is 1. The van der Waals surface area contributed by atoms with Crippen LogP contribution in [0.5, 0.6) is 5.75 Å². The predicted octanol–water partition coefficient (Wildman–Crippen LogP) is 3.56. The van der Waals surface area contributed by atoms with Gasteiger partial charge in [0.1, 0.15) is 17.9 Å². The highest BCUT2D eigenvalue weighted by Crippen LogP contribution is 2.47. The van der Waals surface area contributed by atoms with E-state index in [1.165, 1.54) is 0 Å². The van der Waals surface area contributed by atoms with Crippen LogP contribution in [0.3, 0.4) is 0 Å². The Morgan fingerprint density at radius 2 is 2.16 bits per heavy atom. The largest absolute Gasteiger partial charge is 0.497 e. The minimum Gasteiger partial charge on any atom is -0.497 e. The summed E-state index contributed by atoms with van der Waals surface area (Å²) in [6, 6.07) is 7.67. The van der Waals surface area contributed by atoms with Crippen molar-refractivity contribution in [2.24, 2.45) is 11.8 Å². The number of aliphatic hydroxyl groups excluding tert-OH is 1. The van der Waals surface area contributed by atoms with Crippen molar-refractivity contribution in [3.63, 3.8) is 0 Å². The first kappa shape index (κ1) is 22.7. The number of quaternary nitrogens is 1. The van der Waals surface area contributed by atoms with Crippen molar-refractivity contribution >= 4 is 16.8 Å². The normalized spacial score (nSPS) is 27.8. The molecule has 6 nitrogen and oxygen atoms in total. The molecule has 4 heterocycles. The highest BCUT2D eigenvalue weighted by molar-refractivity contribution is 5.84. The fourth-order valence-electron chi connectivity index (χ4n) is 6.07. The molecule has 3 saturated heterocycles. The molecule has 3 aliphatic heterocycles. The number of rotatable bonds is 8. The Labute approximate surface area is 191 Å². The molecular formula is C26H36N3O3+. The van der Waals surface area contributed by atoms with Crippen molar-refractivity contribution in [1.29, 1.82) is 0 Å². The van der Waals surface area contributed by atoms with Gasteiger partial charge in [0.15, 0.2) is 6.54 Å². The highest BCUT2D eigenvalue weighted by atomic mass is 16.5. The molecule has 1 aromatic heterocycles. The van der Waals surface area contributed by atoms with Gasteiger partial charge in [-0.3, -0.25) is 9.78 Å². The van der Waals surface area contributed by atoms with E-state index in [-0.39, 0.29) is 11.9 Å². The zero-order valence-corrected chi connectivity index (χ0v) is 19.5. The second-order valence-electron chi connectivity index (χ2n) is 9.33. The molecule has 0 spiro atoms. The Morgan fingerprint density at radius 3 is 2.84 bits per heavy atom. The summed E-state index contributed by atoms with van der Waals surface area (Å²) in [5.74, 6) is 1.83. The van der Waals surface area contributed by atoms with Crippen LogP contribution in [0, 0.1) is 11.8 Å². The summed E-state index contributed by atoms with van der Waals surface area (Å²) in [5, 5.41) is 12.7. The summed E-state index contributed by atoms with van der Waals surface area (Å²) in [6.07, 6.45) is 5.13. The van der Waals surface area contributed by atoms with Gasteiger partial charge in [0.25, 0.3) is 5.91 Å². The molecule has 2 bridgehead atoms. The summed E-state index contributed by atoms with van der Waals surface area (Å²) in [4.78, 5) is 19.6. The monoisotopic (exact) mass is 438 g/mol. The first-order valence-corrected chi connectivity index (χ1v) is 11.8. The summed E-state index contributed by atoms with van der Waals surface area (Å²) < 4.78 is 6.07. The zero-order chi connectivity index (χ0) is 22.9. The summed E-state index contributed by atoms with van der Waals surface area (Å²) >= 11 is 0. The maximum absolute atomic E-state index is 13.2. The Bertz CT molecular complexity index is 989. The molecule has 6 heteroatoms. The van der Waals surface area contributed by atoms with E-state index >= 15 is 0 Å². The molecule has 0 radical (unpaired) electrons. The Balaban J connectivity index is 1.73. The number of amides is 1. The molecule has 0 saturated carbocycles. The fourth-order valence-corrected chi connectivity index (χ4v) is 6.07. The number of ether oxygens (including phenoxy) is 1. The van der Waals surface area contributed by atoms with E-state index in [2.05, 4.69) is 17.6 Å². The maximum atomic E-state index is 13.2. The van der Waals surface area contributed by atoms with Crippen LogP contribution in [0.1, 0.15) is 38.4 Å². The molecule has 4 unspecified atom stereocenters. The molecule has 172 valence electrons. The van der Waals surface area contributed by atoms with Gasteiger partial charge in [-0.05, 0) is 49.6 Å². The summed E-state index contributed by atoms with van der Waals surface area (Å²) in [5.41, 5.74) is 1.71. The van der Waals surface area contributed by atoms with Gasteiger partial charge in [-0.25, -0.2) is 0 Å². The van der Waals surface area contributed by atoms with E-state index in [1.807, 2.05) is 43.0 Å². The van der Waals surface area contributed by atoms with Crippen molar-refractivity contribution < 1.29 is 19.1 Å². The number of likely N-dealkylation sites (N-methyl/N-ethyl adjacent to an activating group) is 1. The zero-order valence-electron chi connectivity index (χ0n) is 19.5. The van der Waals surface area contributed by atoms with Crippen molar-refractivity contribution in [1.82, 2.24) is 9.88 Å². The molecule has 0 aliphatic carbocycles. The number of benzene rings is 1. The number of hydrogen-bond acceptors (Lipinski definition) is 4. The lowest BCUT2D eigenvalue weighted by Crippen LogP contribution is -2.70. The third-order valence-corrected chi connectivity index (χ3v) is 7.91. The molecule has 1 amide bonds. The topological polar surface area (TPSA) is 62.7 Å². The number of aliphatic hydroxyl groups is 1. The number of nitrogens with zero attached hydrogens (tertiary/aromatic N) is 3. The average molecular weight is 439 g/mol. The van der Waals surface area contributed by atoms with Gasteiger partial charge in [-0.2, -0.15) is 0 Å². The molecule has 3 aliphatic rings. The molecule has 1 N–H and O–H groups in total. The van der Waals surface area contributed by atoms with Gasteiger partial charge >= 0.3 is 0 Å². The van der Waals surface area contributed by atoms with E-state index in [0.717, 1.165) is 48.1 Å². The lowest BCUT2D eigenvalue weighted by molar-refractivity contribution is -0.966. The molecule has 3 fully saturated rings. The van der Waals surface area contributed by atoms with E-state index < -0.39 is 6.10 Å². The minimum absolute atomic E-state index is 0.0266. The van der Waals surface area contributed by atoms with Gasteiger partial charge in [0.05, 0.1) is 25.7 Å². The third kappa shape index (κ3) is 3.90. The van der Waals surface area contributed by atoms with Gasteiger partial charge < -0.3 is 19.2 Å². The first-order chi connectivity index (χ1) is 15.5. The molecule has 5 atom stereocenters. The SMILES string of the molecule is C=CC1C[N+]2(CC(=O)N(CC)CC)CCC1CC2[C@@H](O)c1ccnc2ccc(OC)cc12. The van der Waals surface area contributed by atoms with Gasteiger partial charge in [0.2, 0.25) is 0 Å². The van der Waals surface area contributed by atoms with E-state index in [4.69, 9.17) is 4.74 Å². The summed E-state index contributed by atoms with van der Waals surface area (Å²) in [7, 11) is 1.65. The number of carbonyl (C=O) groups excluding carboxylic acids is 1. The quantitative estimate of drug-likeness (QED) is 0.506. The van der Waals surface area contributed by atoms with Crippen LogP contribution in [0.2, 0.25) is 0 Å². The Morgan fingerprint density at radius 1 is 1.38 bits per heavy atom. The van der Waals surface area contributed by atoms with E-state index in [9.17, 15) is 9.90 Å². The van der Waals surface area contributed by atoms with Gasteiger partial charge in [0, 0.05) is 43.4 Å².